The number of halogens is 1. The highest BCUT2D eigenvalue weighted by Gasteiger charge is 2.16. The lowest BCUT2D eigenvalue weighted by Gasteiger charge is -2.03. The number of aromatic nitrogens is 2. The number of carbonyl (C=O) groups excluding carboxylic acids is 1. The van der Waals surface area contributed by atoms with E-state index in [2.05, 4.69) is 5.10 Å². The Hall–Kier alpha value is -2.70. The van der Waals surface area contributed by atoms with E-state index in [0.717, 1.165) is 0 Å². The number of hydrogen-bond donors (Lipinski definition) is 1. The lowest BCUT2D eigenvalue weighted by molar-refractivity contribution is -0.144. The Morgan fingerprint density at radius 2 is 2.19 bits per heavy atom. The predicted molar refractivity (Wildman–Crippen MR) is 71.2 cm³/mol. The number of ether oxygens (including phenoxy) is 1. The van der Waals surface area contributed by atoms with E-state index < -0.39 is 23.3 Å². The predicted octanol–water partition coefficient (Wildman–Crippen LogP) is 1.95. The van der Waals surface area contributed by atoms with E-state index in [1.807, 2.05) is 0 Å². The molecule has 0 amide bonds. The number of benzene rings is 1. The number of nitrogens with zero attached hydrogens (tertiary/aromatic N) is 2. The molecule has 0 unspecified atom stereocenters. The van der Waals surface area contributed by atoms with Crippen molar-refractivity contribution >= 4 is 11.9 Å². The molecule has 0 saturated heterocycles. The molecule has 0 aliphatic heterocycles. The molecule has 0 aliphatic carbocycles. The second-order valence-corrected chi connectivity index (χ2v) is 4.20. The van der Waals surface area contributed by atoms with Crippen LogP contribution in [0.15, 0.2) is 30.6 Å². The summed E-state index contributed by atoms with van der Waals surface area (Å²) in [5.41, 5.74) is 0.0931. The van der Waals surface area contributed by atoms with Crippen molar-refractivity contribution in [3.8, 4) is 11.1 Å². The summed E-state index contributed by atoms with van der Waals surface area (Å²) < 4.78 is 20.2. The summed E-state index contributed by atoms with van der Waals surface area (Å²) in [5.74, 6) is -2.62. The van der Waals surface area contributed by atoms with Crippen molar-refractivity contribution in [3.05, 3.63) is 42.0 Å². The van der Waals surface area contributed by atoms with Crippen molar-refractivity contribution in [2.45, 2.75) is 13.5 Å². The highest BCUT2D eigenvalue weighted by molar-refractivity contribution is 5.89. The van der Waals surface area contributed by atoms with Gasteiger partial charge in [0.1, 0.15) is 12.4 Å². The molecule has 1 aromatic carbocycles. The van der Waals surface area contributed by atoms with Gasteiger partial charge >= 0.3 is 11.9 Å². The monoisotopic (exact) mass is 292 g/mol. The van der Waals surface area contributed by atoms with Crippen molar-refractivity contribution in [2.75, 3.05) is 6.61 Å². The molecule has 1 aromatic heterocycles. The van der Waals surface area contributed by atoms with E-state index in [0.29, 0.717) is 5.56 Å². The average Bonchev–Trinajstić information content (AvgIpc) is 2.87. The molecule has 0 fully saturated rings. The molecule has 110 valence electrons. The van der Waals surface area contributed by atoms with E-state index in [1.54, 1.807) is 6.92 Å². The Morgan fingerprint density at radius 1 is 1.43 bits per heavy atom. The Kier molecular flexibility index (Phi) is 4.32. The van der Waals surface area contributed by atoms with Gasteiger partial charge in [-0.25, -0.2) is 9.18 Å². The van der Waals surface area contributed by atoms with E-state index in [4.69, 9.17) is 9.84 Å². The van der Waals surface area contributed by atoms with Crippen LogP contribution < -0.4 is 0 Å². The Labute approximate surface area is 119 Å². The second kappa shape index (κ2) is 6.17. The largest absolute Gasteiger partial charge is 0.478 e. The summed E-state index contributed by atoms with van der Waals surface area (Å²) in [4.78, 5) is 22.2. The molecule has 0 aliphatic rings. The fourth-order valence-electron chi connectivity index (χ4n) is 1.85. The van der Waals surface area contributed by atoms with Gasteiger partial charge in [0.15, 0.2) is 0 Å². The van der Waals surface area contributed by atoms with Crippen LogP contribution in [-0.4, -0.2) is 33.4 Å². The molecule has 2 rings (SSSR count). The fraction of sp³-hybridized carbons (Fsp3) is 0.214. The molecule has 0 atom stereocenters. The lowest BCUT2D eigenvalue weighted by atomic mass is 10.1. The molecule has 21 heavy (non-hydrogen) atoms. The summed E-state index contributed by atoms with van der Waals surface area (Å²) >= 11 is 0. The van der Waals surface area contributed by atoms with E-state index >= 15 is 0 Å². The average molecular weight is 292 g/mol. The van der Waals surface area contributed by atoms with Crippen molar-refractivity contribution in [1.29, 1.82) is 0 Å². The maximum Gasteiger partial charge on any atom is 0.338 e. The van der Waals surface area contributed by atoms with Crippen molar-refractivity contribution in [2.24, 2.45) is 0 Å². The van der Waals surface area contributed by atoms with Crippen LogP contribution in [0.3, 0.4) is 0 Å². The zero-order chi connectivity index (χ0) is 15.4. The third-order valence-electron chi connectivity index (χ3n) is 2.77. The molecular formula is C14H13FN2O4. The molecule has 7 heteroatoms. The standard InChI is InChI=1S/C14H13FN2O4/c1-2-21-12(18)8-17-7-9(6-16-17)10-4-3-5-11(13(10)15)14(19)20/h3-7H,2,8H2,1H3,(H,19,20). The first-order valence-corrected chi connectivity index (χ1v) is 6.23. The normalized spacial score (nSPS) is 10.4. The van der Waals surface area contributed by atoms with Crippen LogP contribution in [0.4, 0.5) is 4.39 Å². The number of carbonyl (C=O) groups is 2. The zero-order valence-electron chi connectivity index (χ0n) is 11.2. The Bertz CT molecular complexity index is 681. The minimum atomic E-state index is -1.34. The smallest absolute Gasteiger partial charge is 0.338 e. The van der Waals surface area contributed by atoms with Gasteiger partial charge in [-0.15, -0.1) is 0 Å². The summed E-state index contributed by atoms with van der Waals surface area (Å²) in [6.45, 7) is 1.87. The molecule has 0 saturated carbocycles. The number of rotatable bonds is 5. The first kappa shape index (κ1) is 14.7. The summed E-state index contributed by atoms with van der Waals surface area (Å²) in [7, 11) is 0. The van der Waals surface area contributed by atoms with Crippen LogP contribution in [0, 0.1) is 5.82 Å². The molecular weight excluding hydrogens is 279 g/mol. The van der Waals surface area contributed by atoms with Gasteiger partial charge in [0, 0.05) is 17.3 Å². The minimum absolute atomic E-state index is 0.0892. The molecule has 6 nitrogen and oxygen atoms in total. The number of carboxylic acid groups (broad SMARTS) is 1. The number of aromatic carboxylic acids is 1. The number of carboxylic acids is 1. The van der Waals surface area contributed by atoms with Gasteiger partial charge in [0.2, 0.25) is 0 Å². The quantitative estimate of drug-likeness (QED) is 0.852. The van der Waals surface area contributed by atoms with Gasteiger partial charge in [-0.2, -0.15) is 5.10 Å². The van der Waals surface area contributed by atoms with Crippen LogP contribution >= 0.6 is 0 Å². The molecule has 1 heterocycles. The van der Waals surface area contributed by atoms with Crippen LogP contribution in [0.5, 0.6) is 0 Å². The van der Waals surface area contributed by atoms with Crippen molar-refractivity contribution < 1.29 is 23.8 Å². The molecule has 0 spiro atoms. The SMILES string of the molecule is CCOC(=O)Cn1cc(-c2cccc(C(=O)O)c2F)cn1. The van der Waals surface area contributed by atoms with E-state index in [-0.39, 0.29) is 18.7 Å². The molecule has 2 aromatic rings. The maximum atomic E-state index is 14.1. The first-order valence-electron chi connectivity index (χ1n) is 6.23. The Balaban J connectivity index is 2.28. The Morgan fingerprint density at radius 3 is 2.86 bits per heavy atom. The van der Waals surface area contributed by atoms with Crippen molar-refractivity contribution in [3.63, 3.8) is 0 Å². The molecule has 0 radical (unpaired) electrons. The van der Waals surface area contributed by atoms with E-state index in [1.165, 1.54) is 35.3 Å². The topological polar surface area (TPSA) is 81.4 Å². The second-order valence-electron chi connectivity index (χ2n) is 4.20. The fourth-order valence-corrected chi connectivity index (χ4v) is 1.85. The lowest BCUT2D eigenvalue weighted by Crippen LogP contribution is -2.13. The highest BCUT2D eigenvalue weighted by Crippen LogP contribution is 2.24. The third-order valence-corrected chi connectivity index (χ3v) is 2.77. The summed E-state index contributed by atoms with van der Waals surface area (Å²) in [5, 5.41) is 12.8. The van der Waals surface area contributed by atoms with Crippen LogP contribution in [0.2, 0.25) is 0 Å². The first-order chi connectivity index (χ1) is 10.0. The summed E-state index contributed by atoms with van der Waals surface area (Å²) in [6.07, 6.45) is 2.82. The van der Waals surface area contributed by atoms with Gasteiger partial charge in [-0.05, 0) is 13.0 Å². The van der Waals surface area contributed by atoms with Crippen LogP contribution in [0.25, 0.3) is 11.1 Å². The zero-order valence-corrected chi connectivity index (χ0v) is 11.2. The summed E-state index contributed by atoms with van der Waals surface area (Å²) in [6, 6.07) is 4.09. The number of esters is 1. The van der Waals surface area contributed by atoms with E-state index in [9.17, 15) is 14.0 Å². The highest BCUT2D eigenvalue weighted by atomic mass is 19.1. The molecule has 1 N–H and O–H groups in total. The van der Waals surface area contributed by atoms with Gasteiger partial charge in [-0.3, -0.25) is 9.48 Å². The molecule has 0 bridgehead atoms. The van der Waals surface area contributed by atoms with Crippen LogP contribution in [0.1, 0.15) is 17.3 Å². The van der Waals surface area contributed by atoms with Gasteiger partial charge < -0.3 is 9.84 Å². The van der Waals surface area contributed by atoms with Gasteiger partial charge in [0.05, 0.1) is 18.4 Å². The number of hydrogen-bond acceptors (Lipinski definition) is 4. The minimum Gasteiger partial charge on any atom is -0.478 e. The third kappa shape index (κ3) is 3.25. The van der Waals surface area contributed by atoms with Gasteiger partial charge in [0.25, 0.3) is 0 Å². The van der Waals surface area contributed by atoms with Crippen LogP contribution in [-0.2, 0) is 16.1 Å². The maximum absolute atomic E-state index is 14.1. The van der Waals surface area contributed by atoms with Crippen molar-refractivity contribution in [1.82, 2.24) is 9.78 Å². The van der Waals surface area contributed by atoms with Gasteiger partial charge in [-0.1, -0.05) is 12.1 Å².